The fourth-order valence-electron chi connectivity index (χ4n) is 7.05. The second kappa shape index (κ2) is 47.5. The number of ether oxygens (including phenoxy) is 3. The van der Waals surface area contributed by atoms with Crippen LogP contribution in [-0.2, 0) is 23.8 Å². The molecule has 0 spiro atoms. The first-order valence-corrected chi connectivity index (χ1v) is 24.5. The lowest BCUT2D eigenvalue weighted by molar-refractivity contribution is -0.163. The molecule has 0 radical (unpaired) electrons. The molecule has 5 heteroatoms. The molecule has 5 nitrogen and oxygen atoms in total. The van der Waals surface area contributed by atoms with Crippen molar-refractivity contribution in [2.45, 2.75) is 258 Å². The molecule has 0 heterocycles. The van der Waals surface area contributed by atoms with Gasteiger partial charge in [0, 0.05) is 19.4 Å². The maximum Gasteiger partial charge on any atom is 0.306 e. The second-order valence-corrected chi connectivity index (χ2v) is 16.4. The molecule has 0 aromatic heterocycles. The van der Waals surface area contributed by atoms with Crippen molar-refractivity contribution in [1.82, 2.24) is 0 Å². The van der Waals surface area contributed by atoms with E-state index in [1.165, 1.54) is 154 Å². The van der Waals surface area contributed by atoms with Crippen LogP contribution in [0, 0.1) is 0 Å². The first-order valence-electron chi connectivity index (χ1n) is 24.5. The molecule has 0 saturated carbocycles. The summed E-state index contributed by atoms with van der Waals surface area (Å²) in [6, 6.07) is 0. The SMILES string of the molecule is CC/C=C\C/C=C\C/C=C\CCCCCCOCC(COC(=O)CCCCCCCCCCCCCCC)OC(=O)CCCCCCCCCCCCCCC. The van der Waals surface area contributed by atoms with Crippen LogP contribution in [0.3, 0.4) is 0 Å². The highest BCUT2D eigenvalue weighted by Crippen LogP contribution is 2.15. The van der Waals surface area contributed by atoms with E-state index in [9.17, 15) is 9.59 Å². The summed E-state index contributed by atoms with van der Waals surface area (Å²) in [5.74, 6) is -0.397. The molecule has 0 rings (SSSR count). The third-order valence-corrected chi connectivity index (χ3v) is 10.7. The average molecular weight is 787 g/mol. The van der Waals surface area contributed by atoms with Crippen molar-refractivity contribution >= 4 is 11.9 Å². The minimum absolute atomic E-state index is 0.0819. The highest BCUT2D eigenvalue weighted by atomic mass is 16.6. The predicted molar refractivity (Wildman–Crippen MR) is 242 cm³/mol. The van der Waals surface area contributed by atoms with Crippen LogP contribution in [0.2, 0.25) is 0 Å². The van der Waals surface area contributed by atoms with Gasteiger partial charge in [0.1, 0.15) is 6.61 Å². The van der Waals surface area contributed by atoms with E-state index in [-0.39, 0.29) is 25.2 Å². The second-order valence-electron chi connectivity index (χ2n) is 16.4. The molecule has 328 valence electrons. The van der Waals surface area contributed by atoms with E-state index in [0.717, 1.165) is 64.2 Å². The Morgan fingerprint density at radius 1 is 0.411 bits per heavy atom. The van der Waals surface area contributed by atoms with E-state index in [2.05, 4.69) is 57.2 Å². The molecule has 0 fully saturated rings. The molecule has 1 unspecified atom stereocenters. The van der Waals surface area contributed by atoms with Gasteiger partial charge in [-0.1, -0.05) is 224 Å². The molecule has 0 aliphatic rings. The highest BCUT2D eigenvalue weighted by Gasteiger charge is 2.17. The van der Waals surface area contributed by atoms with Gasteiger partial charge in [0.2, 0.25) is 0 Å². The monoisotopic (exact) mass is 787 g/mol. The van der Waals surface area contributed by atoms with Crippen molar-refractivity contribution < 1.29 is 23.8 Å². The lowest BCUT2D eigenvalue weighted by Crippen LogP contribution is -2.30. The summed E-state index contributed by atoms with van der Waals surface area (Å²) < 4.78 is 17.3. The number of unbranched alkanes of at least 4 members (excludes halogenated alkanes) is 28. The van der Waals surface area contributed by atoms with Crippen molar-refractivity contribution in [1.29, 1.82) is 0 Å². The van der Waals surface area contributed by atoms with Gasteiger partial charge in [-0.05, 0) is 51.4 Å². The van der Waals surface area contributed by atoms with Gasteiger partial charge in [-0.3, -0.25) is 9.59 Å². The zero-order chi connectivity index (χ0) is 40.7. The number of carbonyl (C=O) groups excluding carboxylic acids is 2. The Kier molecular flexibility index (Phi) is 45.9. The lowest BCUT2D eigenvalue weighted by atomic mass is 10.0. The molecule has 0 saturated heterocycles. The van der Waals surface area contributed by atoms with E-state index in [1.807, 2.05) is 0 Å². The molecule has 0 bridgehead atoms. The molecular weight excluding hydrogens is 693 g/mol. The third kappa shape index (κ3) is 44.8. The van der Waals surface area contributed by atoms with Crippen LogP contribution in [0.25, 0.3) is 0 Å². The fraction of sp³-hybridized carbons (Fsp3) is 0.843. The van der Waals surface area contributed by atoms with Crippen molar-refractivity contribution in [2.75, 3.05) is 19.8 Å². The minimum Gasteiger partial charge on any atom is -0.462 e. The average Bonchev–Trinajstić information content (AvgIpc) is 3.20. The Morgan fingerprint density at radius 2 is 0.804 bits per heavy atom. The number of rotatable bonds is 45. The van der Waals surface area contributed by atoms with Crippen molar-refractivity contribution in [2.24, 2.45) is 0 Å². The van der Waals surface area contributed by atoms with Crippen LogP contribution in [0.4, 0.5) is 0 Å². The number of allylic oxidation sites excluding steroid dienone is 6. The summed E-state index contributed by atoms with van der Waals surface area (Å²) in [5, 5.41) is 0. The van der Waals surface area contributed by atoms with E-state index in [4.69, 9.17) is 14.2 Å². The summed E-state index contributed by atoms with van der Waals surface area (Å²) in [4.78, 5) is 25.3. The van der Waals surface area contributed by atoms with Gasteiger partial charge >= 0.3 is 11.9 Å². The van der Waals surface area contributed by atoms with Crippen molar-refractivity contribution in [3.63, 3.8) is 0 Å². The summed E-state index contributed by atoms with van der Waals surface area (Å²) in [5.41, 5.74) is 0. The molecule has 56 heavy (non-hydrogen) atoms. The van der Waals surface area contributed by atoms with Gasteiger partial charge in [-0.15, -0.1) is 0 Å². The fourth-order valence-corrected chi connectivity index (χ4v) is 7.05. The Balaban J connectivity index is 4.26. The van der Waals surface area contributed by atoms with Crippen LogP contribution < -0.4 is 0 Å². The first-order chi connectivity index (χ1) is 27.6. The topological polar surface area (TPSA) is 61.8 Å². The maximum absolute atomic E-state index is 12.7. The van der Waals surface area contributed by atoms with E-state index in [0.29, 0.717) is 19.4 Å². The normalized spacial score (nSPS) is 12.4. The number of carbonyl (C=O) groups is 2. The molecule has 0 aromatic rings. The molecular formula is C51H94O5. The van der Waals surface area contributed by atoms with Gasteiger partial charge in [0.25, 0.3) is 0 Å². The first kappa shape index (κ1) is 54.1. The molecule has 0 N–H and O–H groups in total. The Morgan fingerprint density at radius 3 is 1.29 bits per heavy atom. The van der Waals surface area contributed by atoms with E-state index in [1.54, 1.807) is 0 Å². The van der Waals surface area contributed by atoms with Gasteiger partial charge in [-0.25, -0.2) is 0 Å². The van der Waals surface area contributed by atoms with Crippen molar-refractivity contribution in [3.05, 3.63) is 36.5 Å². The Bertz CT molecular complexity index is 893. The minimum atomic E-state index is -0.540. The van der Waals surface area contributed by atoms with Crippen LogP contribution in [0.1, 0.15) is 252 Å². The van der Waals surface area contributed by atoms with Gasteiger partial charge < -0.3 is 14.2 Å². The molecule has 0 aromatic carbocycles. The smallest absolute Gasteiger partial charge is 0.306 e. The number of hydrogen-bond acceptors (Lipinski definition) is 5. The van der Waals surface area contributed by atoms with Crippen LogP contribution in [0.5, 0.6) is 0 Å². The number of hydrogen-bond donors (Lipinski definition) is 0. The van der Waals surface area contributed by atoms with Crippen LogP contribution >= 0.6 is 0 Å². The highest BCUT2D eigenvalue weighted by molar-refractivity contribution is 5.70. The van der Waals surface area contributed by atoms with E-state index >= 15 is 0 Å². The summed E-state index contributed by atoms with van der Waals surface area (Å²) in [6.45, 7) is 7.70. The zero-order valence-electron chi connectivity index (χ0n) is 37.7. The standard InChI is InChI=1S/C51H94O5/c1-4-7-10-13-16-19-22-25-28-31-34-37-40-43-46-54-47-49(56-51(53)45-42-39-36-33-30-27-24-21-18-15-12-9-6-3)48-55-50(52)44-41-38-35-32-29-26-23-20-17-14-11-8-5-2/h7,10,16,19,25,28,49H,4-6,8-9,11-15,17-18,20-24,26-27,29-48H2,1-3H3/b10-7-,19-16-,28-25-. The molecule has 0 amide bonds. The quantitative estimate of drug-likeness (QED) is 0.0349. The van der Waals surface area contributed by atoms with Crippen molar-refractivity contribution in [3.8, 4) is 0 Å². The molecule has 1 atom stereocenters. The van der Waals surface area contributed by atoms with Gasteiger partial charge in [0.15, 0.2) is 6.10 Å². The Hall–Kier alpha value is -1.88. The summed E-state index contributed by atoms with van der Waals surface area (Å²) >= 11 is 0. The third-order valence-electron chi connectivity index (χ3n) is 10.7. The van der Waals surface area contributed by atoms with Crippen LogP contribution in [0.15, 0.2) is 36.5 Å². The largest absolute Gasteiger partial charge is 0.462 e. The molecule has 0 aliphatic heterocycles. The summed E-state index contributed by atoms with van der Waals surface area (Å²) in [6.07, 6.45) is 55.7. The van der Waals surface area contributed by atoms with Gasteiger partial charge in [0.05, 0.1) is 6.61 Å². The zero-order valence-corrected chi connectivity index (χ0v) is 37.7. The maximum atomic E-state index is 12.7. The van der Waals surface area contributed by atoms with Crippen LogP contribution in [-0.4, -0.2) is 37.9 Å². The number of esters is 2. The lowest BCUT2D eigenvalue weighted by Gasteiger charge is -2.18. The summed E-state index contributed by atoms with van der Waals surface area (Å²) in [7, 11) is 0. The Labute approximate surface area is 349 Å². The molecule has 0 aliphatic carbocycles. The van der Waals surface area contributed by atoms with E-state index < -0.39 is 6.10 Å². The van der Waals surface area contributed by atoms with Gasteiger partial charge in [-0.2, -0.15) is 0 Å². The predicted octanol–water partition coefficient (Wildman–Crippen LogP) is 16.2.